The zero-order chi connectivity index (χ0) is 13.2. The zero-order valence-electron chi connectivity index (χ0n) is 10.6. The maximum Gasteiger partial charge on any atom is 0.132 e. The molecule has 2 nitrogen and oxygen atoms in total. The molecule has 0 radical (unpaired) electrons. The van der Waals surface area contributed by atoms with Gasteiger partial charge in [-0.2, -0.15) is 0 Å². The first-order valence-electron chi connectivity index (χ1n) is 6.21. The SMILES string of the molecule is COc1ccccc1C1CC(=S)c2ccccc2O1. The highest BCUT2D eigenvalue weighted by Crippen LogP contribution is 2.38. The van der Waals surface area contributed by atoms with Crippen LogP contribution >= 0.6 is 12.2 Å². The summed E-state index contributed by atoms with van der Waals surface area (Å²) in [6.45, 7) is 0. The highest BCUT2D eigenvalue weighted by atomic mass is 32.1. The van der Waals surface area contributed by atoms with E-state index in [-0.39, 0.29) is 6.10 Å². The summed E-state index contributed by atoms with van der Waals surface area (Å²) in [5.74, 6) is 1.70. The van der Waals surface area contributed by atoms with Gasteiger partial charge in [-0.15, -0.1) is 0 Å². The molecule has 1 atom stereocenters. The number of methoxy groups -OCH3 is 1. The van der Waals surface area contributed by atoms with Crippen LogP contribution in [0.1, 0.15) is 23.7 Å². The number of rotatable bonds is 2. The van der Waals surface area contributed by atoms with Gasteiger partial charge in [0.05, 0.1) is 7.11 Å². The minimum absolute atomic E-state index is 0.0708. The zero-order valence-corrected chi connectivity index (χ0v) is 11.4. The van der Waals surface area contributed by atoms with Crippen molar-refractivity contribution >= 4 is 17.1 Å². The molecule has 0 aromatic heterocycles. The molecule has 19 heavy (non-hydrogen) atoms. The Morgan fingerprint density at radius 2 is 1.84 bits per heavy atom. The van der Waals surface area contributed by atoms with Crippen molar-refractivity contribution in [1.82, 2.24) is 0 Å². The topological polar surface area (TPSA) is 18.5 Å². The molecule has 1 aliphatic heterocycles. The molecule has 0 amide bonds. The second-order valence-electron chi connectivity index (χ2n) is 4.47. The van der Waals surface area contributed by atoms with Crippen molar-refractivity contribution < 1.29 is 9.47 Å². The molecule has 0 fully saturated rings. The summed E-state index contributed by atoms with van der Waals surface area (Å²) in [5, 5.41) is 0. The Balaban J connectivity index is 1.99. The molecular weight excluding hydrogens is 256 g/mol. The van der Waals surface area contributed by atoms with Crippen LogP contribution in [0.15, 0.2) is 48.5 Å². The van der Waals surface area contributed by atoms with E-state index in [1.807, 2.05) is 48.5 Å². The van der Waals surface area contributed by atoms with E-state index in [0.29, 0.717) is 6.42 Å². The fourth-order valence-corrected chi connectivity index (χ4v) is 2.70. The first-order valence-corrected chi connectivity index (χ1v) is 6.62. The van der Waals surface area contributed by atoms with Crippen LogP contribution in [-0.4, -0.2) is 12.0 Å². The van der Waals surface area contributed by atoms with E-state index in [2.05, 4.69) is 0 Å². The molecule has 0 saturated heterocycles. The second-order valence-corrected chi connectivity index (χ2v) is 4.96. The lowest BCUT2D eigenvalue weighted by Gasteiger charge is -2.27. The highest BCUT2D eigenvalue weighted by molar-refractivity contribution is 7.80. The second kappa shape index (κ2) is 5.02. The van der Waals surface area contributed by atoms with E-state index in [4.69, 9.17) is 21.7 Å². The van der Waals surface area contributed by atoms with Gasteiger partial charge in [0.25, 0.3) is 0 Å². The van der Waals surface area contributed by atoms with Crippen molar-refractivity contribution in [1.29, 1.82) is 0 Å². The summed E-state index contributed by atoms with van der Waals surface area (Å²) >= 11 is 5.50. The van der Waals surface area contributed by atoms with E-state index >= 15 is 0 Å². The predicted octanol–water partition coefficient (Wildman–Crippen LogP) is 3.94. The van der Waals surface area contributed by atoms with E-state index in [9.17, 15) is 0 Å². The predicted molar refractivity (Wildman–Crippen MR) is 79.1 cm³/mol. The number of fused-ring (bicyclic) bond motifs is 1. The smallest absolute Gasteiger partial charge is 0.132 e. The summed E-state index contributed by atoms with van der Waals surface area (Å²) < 4.78 is 11.5. The van der Waals surface area contributed by atoms with Gasteiger partial charge in [0.15, 0.2) is 0 Å². The number of benzene rings is 2. The fraction of sp³-hybridized carbons (Fsp3) is 0.188. The number of thiocarbonyl (C=S) groups is 1. The van der Waals surface area contributed by atoms with Crippen molar-refractivity contribution in [3.8, 4) is 11.5 Å². The first-order chi connectivity index (χ1) is 9.29. The lowest BCUT2D eigenvalue weighted by Crippen LogP contribution is -2.20. The Morgan fingerprint density at radius 3 is 2.68 bits per heavy atom. The third-order valence-electron chi connectivity index (χ3n) is 3.31. The Bertz CT molecular complexity index is 622. The average molecular weight is 270 g/mol. The normalized spacial score (nSPS) is 17.5. The molecule has 1 unspecified atom stereocenters. The van der Waals surface area contributed by atoms with Gasteiger partial charge < -0.3 is 9.47 Å². The average Bonchev–Trinajstić information content (AvgIpc) is 2.47. The largest absolute Gasteiger partial charge is 0.496 e. The molecular formula is C16H14O2S. The molecule has 0 N–H and O–H groups in total. The van der Waals surface area contributed by atoms with E-state index in [1.54, 1.807) is 7.11 Å². The van der Waals surface area contributed by atoms with Crippen LogP contribution in [0, 0.1) is 0 Å². The van der Waals surface area contributed by atoms with Crippen molar-refractivity contribution in [2.24, 2.45) is 0 Å². The highest BCUT2D eigenvalue weighted by Gasteiger charge is 2.26. The Hall–Kier alpha value is -1.87. The van der Waals surface area contributed by atoms with Gasteiger partial charge in [-0.3, -0.25) is 0 Å². The molecule has 1 aliphatic rings. The number of hydrogen-bond donors (Lipinski definition) is 0. The van der Waals surface area contributed by atoms with Crippen molar-refractivity contribution in [2.75, 3.05) is 7.11 Å². The summed E-state index contributed by atoms with van der Waals surface area (Å²) in [6.07, 6.45) is 0.644. The minimum atomic E-state index is -0.0708. The third kappa shape index (κ3) is 2.22. The molecule has 1 heterocycles. The van der Waals surface area contributed by atoms with Gasteiger partial charge in [0, 0.05) is 22.4 Å². The monoisotopic (exact) mass is 270 g/mol. The van der Waals surface area contributed by atoms with Crippen LogP contribution in [0.4, 0.5) is 0 Å². The van der Waals surface area contributed by atoms with Gasteiger partial charge in [0.1, 0.15) is 17.6 Å². The van der Waals surface area contributed by atoms with Gasteiger partial charge >= 0.3 is 0 Å². The molecule has 0 saturated carbocycles. The lowest BCUT2D eigenvalue weighted by atomic mass is 9.96. The summed E-state index contributed by atoms with van der Waals surface area (Å²) in [6, 6.07) is 15.8. The number of hydrogen-bond acceptors (Lipinski definition) is 3. The lowest BCUT2D eigenvalue weighted by molar-refractivity contribution is 0.202. The third-order valence-corrected chi connectivity index (χ3v) is 3.70. The number of ether oxygens (including phenoxy) is 2. The molecule has 0 spiro atoms. The summed E-state index contributed by atoms with van der Waals surface area (Å²) in [4.78, 5) is 0.942. The van der Waals surface area contributed by atoms with Gasteiger partial charge in [-0.25, -0.2) is 0 Å². The maximum atomic E-state index is 6.06. The summed E-state index contributed by atoms with van der Waals surface area (Å²) in [5.41, 5.74) is 2.07. The Morgan fingerprint density at radius 1 is 1.11 bits per heavy atom. The maximum absolute atomic E-state index is 6.06. The quantitative estimate of drug-likeness (QED) is 0.770. The molecule has 2 aromatic rings. The van der Waals surface area contributed by atoms with Gasteiger partial charge in [-0.05, 0) is 12.1 Å². The van der Waals surface area contributed by atoms with Crippen molar-refractivity contribution in [3.05, 3.63) is 59.7 Å². The fourth-order valence-electron chi connectivity index (χ4n) is 2.38. The van der Waals surface area contributed by atoms with Crippen LogP contribution < -0.4 is 9.47 Å². The van der Waals surface area contributed by atoms with Crippen LogP contribution in [0.25, 0.3) is 0 Å². The van der Waals surface area contributed by atoms with Gasteiger partial charge in [0.2, 0.25) is 0 Å². The standard InChI is InChI=1S/C16H14O2S/c1-17-13-8-4-2-6-11(13)15-10-16(19)12-7-3-5-9-14(12)18-15/h2-9,15H,10H2,1H3. The van der Waals surface area contributed by atoms with Crippen LogP contribution in [0.3, 0.4) is 0 Å². The molecule has 3 rings (SSSR count). The summed E-state index contributed by atoms with van der Waals surface area (Å²) in [7, 11) is 1.67. The molecule has 0 aliphatic carbocycles. The minimum Gasteiger partial charge on any atom is -0.496 e. The van der Waals surface area contributed by atoms with Gasteiger partial charge in [-0.1, -0.05) is 48.6 Å². The number of para-hydroxylation sites is 2. The Labute approximate surface area is 118 Å². The molecule has 2 aromatic carbocycles. The molecule has 96 valence electrons. The van der Waals surface area contributed by atoms with Crippen LogP contribution in [-0.2, 0) is 0 Å². The van der Waals surface area contributed by atoms with Crippen LogP contribution in [0.5, 0.6) is 11.5 Å². The molecule has 0 bridgehead atoms. The van der Waals surface area contributed by atoms with E-state index in [1.165, 1.54) is 0 Å². The van der Waals surface area contributed by atoms with E-state index in [0.717, 1.165) is 27.5 Å². The Kier molecular flexibility index (Phi) is 3.22. The van der Waals surface area contributed by atoms with Crippen LogP contribution in [0.2, 0.25) is 0 Å². The van der Waals surface area contributed by atoms with E-state index < -0.39 is 0 Å². The first kappa shape index (κ1) is 12.2. The van der Waals surface area contributed by atoms with Crippen molar-refractivity contribution in [3.63, 3.8) is 0 Å². The van der Waals surface area contributed by atoms with Crippen molar-refractivity contribution in [2.45, 2.75) is 12.5 Å². The molecule has 3 heteroatoms.